The summed E-state index contributed by atoms with van der Waals surface area (Å²) < 4.78 is 2.31. The summed E-state index contributed by atoms with van der Waals surface area (Å²) in [5.74, 6) is 6.51. The second-order valence-electron chi connectivity index (χ2n) is 3.25. The molecule has 5 nitrogen and oxygen atoms in total. The maximum absolute atomic E-state index is 5.28. The highest BCUT2D eigenvalue weighted by atomic mass is 79.9. The van der Waals surface area contributed by atoms with E-state index in [1.54, 1.807) is 4.68 Å². The van der Waals surface area contributed by atoms with E-state index in [1.165, 1.54) is 0 Å². The summed E-state index contributed by atoms with van der Waals surface area (Å²) in [6.45, 7) is 5.17. The van der Waals surface area contributed by atoms with Gasteiger partial charge in [-0.2, -0.15) is 4.98 Å². The molecule has 0 spiro atoms. The Kier molecular flexibility index (Phi) is 3.68. The largest absolute Gasteiger partial charge is 0.293 e. The van der Waals surface area contributed by atoms with Crippen molar-refractivity contribution in [2.75, 3.05) is 5.43 Å². The number of aromatic nitrogens is 3. The lowest BCUT2D eigenvalue weighted by atomic mass is 10.1. The molecule has 0 aliphatic heterocycles. The normalized spacial score (nSPS) is 10.8. The quantitative estimate of drug-likeness (QED) is 0.623. The van der Waals surface area contributed by atoms with Crippen molar-refractivity contribution in [1.29, 1.82) is 0 Å². The summed E-state index contributed by atoms with van der Waals surface area (Å²) in [5.41, 5.74) is 2.50. The summed E-state index contributed by atoms with van der Waals surface area (Å²) >= 11 is 3.19. The van der Waals surface area contributed by atoms with E-state index in [1.807, 2.05) is 0 Å². The van der Waals surface area contributed by atoms with Crippen LogP contribution in [0.25, 0.3) is 0 Å². The fraction of sp³-hybridized carbons (Fsp3) is 0.714. The lowest BCUT2D eigenvalue weighted by molar-refractivity contribution is 0.488. The molecule has 0 aliphatic carbocycles. The molecule has 0 saturated carbocycles. The van der Waals surface area contributed by atoms with Crippen LogP contribution in [0, 0.1) is 5.92 Å². The number of hydrazine groups is 1. The Labute approximate surface area is 85.8 Å². The zero-order valence-corrected chi connectivity index (χ0v) is 9.37. The zero-order valence-electron chi connectivity index (χ0n) is 7.79. The molecule has 1 aromatic heterocycles. The number of nitrogens with two attached hydrogens (primary N) is 1. The Morgan fingerprint density at radius 3 is 2.85 bits per heavy atom. The summed E-state index contributed by atoms with van der Waals surface area (Å²) in [7, 11) is 0. The van der Waals surface area contributed by atoms with Gasteiger partial charge in [0, 0.05) is 6.54 Å². The molecule has 13 heavy (non-hydrogen) atoms. The topological polar surface area (TPSA) is 68.8 Å². The number of aryl methyl sites for hydroxylation is 1. The van der Waals surface area contributed by atoms with Gasteiger partial charge < -0.3 is 0 Å². The molecule has 0 atom stereocenters. The predicted octanol–water partition coefficient (Wildman–Crippen LogP) is 1.37. The third-order valence-electron chi connectivity index (χ3n) is 1.69. The molecule has 74 valence electrons. The van der Waals surface area contributed by atoms with Crippen LogP contribution in [0.2, 0.25) is 0 Å². The van der Waals surface area contributed by atoms with E-state index in [0.29, 0.717) is 16.6 Å². The van der Waals surface area contributed by atoms with Crippen molar-refractivity contribution >= 4 is 21.9 Å². The molecule has 6 heteroatoms. The third kappa shape index (κ3) is 2.96. The van der Waals surface area contributed by atoms with Crippen molar-refractivity contribution < 1.29 is 0 Å². The summed E-state index contributed by atoms with van der Waals surface area (Å²) in [4.78, 5) is 4.04. The molecular weight excluding hydrogens is 234 g/mol. The molecule has 0 radical (unpaired) electrons. The van der Waals surface area contributed by atoms with Crippen LogP contribution in [0.15, 0.2) is 4.73 Å². The monoisotopic (exact) mass is 247 g/mol. The van der Waals surface area contributed by atoms with E-state index in [4.69, 9.17) is 5.84 Å². The number of rotatable bonds is 4. The molecule has 1 heterocycles. The van der Waals surface area contributed by atoms with Crippen LogP contribution in [-0.4, -0.2) is 14.8 Å². The molecule has 0 bridgehead atoms. The van der Waals surface area contributed by atoms with E-state index < -0.39 is 0 Å². The highest BCUT2D eigenvalue weighted by Crippen LogP contribution is 2.11. The highest BCUT2D eigenvalue weighted by Gasteiger charge is 2.06. The number of anilines is 1. The molecular formula is C7H14BrN5. The average molecular weight is 248 g/mol. The van der Waals surface area contributed by atoms with Crippen LogP contribution in [0.5, 0.6) is 0 Å². The van der Waals surface area contributed by atoms with Gasteiger partial charge in [-0.15, -0.1) is 5.10 Å². The summed E-state index contributed by atoms with van der Waals surface area (Å²) in [6.07, 6.45) is 1.06. The average Bonchev–Trinajstić information content (AvgIpc) is 2.42. The Balaban J connectivity index is 2.64. The Morgan fingerprint density at radius 2 is 2.31 bits per heavy atom. The van der Waals surface area contributed by atoms with E-state index in [9.17, 15) is 0 Å². The Morgan fingerprint density at radius 1 is 1.62 bits per heavy atom. The van der Waals surface area contributed by atoms with Crippen molar-refractivity contribution in [3.63, 3.8) is 0 Å². The number of nitrogen functional groups attached to an aromatic ring is 1. The Bertz CT molecular complexity index is 270. The van der Waals surface area contributed by atoms with E-state index in [-0.39, 0.29) is 0 Å². The van der Waals surface area contributed by atoms with Gasteiger partial charge in [0.2, 0.25) is 10.7 Å². The first-order valence-corrected chi connectivity index (χ1v) is 4.99. The van der Waals surface area contributed by atoms with Crippen molar-refractivity contribution in [1.82, 2.24) is 14.8 Å². The van der Waals surface area contributed by atoms with Crippen LogP contribution in [-0.2, 0) is 6.54 Å². The molecule has 0 amide bonds. The van der Waals surface area contributed by atoms with Crippen molar-refractivity contribution in [3.05, 3.63) is 4.73 Å². The number of nitrogens with zero attached hydrogens (tertiary/aromatic N) is 3. The molecule has 0 aromatic carbocycles. The van der Waals surface area contributed by atoms with E-state index in [2.05, 4.69) is 45.3 Å². The molecule has 0 aliphatic rings. The number of nitrogens with one attached hydrogen (secondary N) is 1. The Hall–Kier alpha value is -0.620. The first kappa shape index (κ1) is 10.5. The van der Waals surface area contributed by atoms with Crippen LogP contribution >= 0.6 is 15.9 Å². The van der Waals surface area contributed by atoms with Crippen LogP contribution in [0.3, 0.4) is 0 Å². The van der Waals surface area contributed by atoms with Gasteiger partial charge in [0.05, 0.1) is 0 Å². The van der Waals surface area contributed by atoms with Gasteiger partial charge >= 0.3 is 0 Å². The third-order valence-corrected chi connectivity index (χ3v) is 2.03. The van der Waals surface area contributed by atoms with Crippen molar-refractivity contribution in [2.45, 2.75) is 26.8 Å². The van der Waals surface area contributed by atoms with Gasteiger partial charge in [-0.1, -0.05) is 13.8 Å². The lowest BCUT2D eigenvalue weighted by Crippen LogP contribution is -2.14. The van der Waals surface area contributed by atoms with Gasteiger partial charge in [-0.3, -0.25) is 5.43 Å². The minimum Gasteiger partial charge on any atom is -0.293 e. The van der Waals surface area contributed by atoms with Crippen molar-refractivity contribution in [2.24, 2.45) is 11.8 Å². The second kappa shape index (κ2) is 4.57. The fourth-order valence-corrected chi connectivity index (χ4v) is 1.32. The molecule has 1 rings (SSSR count). The first-order chi connectivity index (χ1) is 6.13. The highest BCUT2D eigenvalue weighted by molar-refractivity contribution is 9.10. The number of halogens is 1. The minimum atomic E-state index is 0.559. The van der Waals surface area contributed by atoms with Gasteiger partial charge in [-0.05, 0) is 28.3 Å². The van der Waals surface area contributed by atoms with E-state index in [0.717, 1.165) is 13.0 Å². The van der Waals surface area contributed by atoms with E-state index >= 15 is 0 Å². The molecule has 0 unspecified atom stereocenters. The summed E-state index contributed by atoms with van der Waals surface area (Å²) in [6, 6.07) is 0. The second-order valence-corrected chi connectivity index (χ2v) is 3.96. The maximum atomic E-state index is 5.28. The minimum absolute atomic E-state index is 0.559. The first-order valence-electron chi connectivity index (χ1n) is 4.20. The molecule has 3 N–H and O–H groups in total. The van der Waals surface area contributed by atoms with Gasteiger partial charge in [0.1, 0.15) is 0 Å². The summed E-state index contributed by atoms with van der Waals surface area (Å²) in [5, 5.41) is 4.13. The van der Waals surface area contributed by atoms with Crippen LogP contribution in [0.1, 0.15) is 20.3 Å². The fourth-order valence-electron chi connectivity index (χ4n) is 0.958. The lowest BCUT2D eigenvalue weighted by Gasteiger charge is -2.06. The smallest absolute Gasteiger partial charge is 0.236 e. The van der Waals surface area contributed by atoms with Gasteiger partial charge in [0.25, 0.3) is 0 Å². The van der Waals surface area contributed by atoms with Gasteiger partial charge in [0.15, 0.2) is 0 Å². The molecule has 1 aromatic rings. The number of hydrogen-bond acceptors (Lipinski definition) is 4. The van der Waals surface area contributed by atoms with Crippen LogP contribution in [0.4, 0.5) is 5.95 Å². The number of hydrogen-bond donors (Lipinski definition) is 2. The SMILES string of the molecule is CC(C)CCn1nc(Br)nc1NN. The van der Waals surface area contributed by atoms with Gasteiger partial charge in [-0.25, -0.2) is 10.5 Å². The standard InChI is InChI=1S/C7H14BrN5/c1-5(2)3-4-13-7(11-9)10-6(8)12-13/h5H,3-4,9H2,1-2H3,(H,10,11,12). The van der Waals surface area contributed by atoms with Crippen LogP contribution < -0.4 is 11.3 Å². The molecule has 0 saturated heterocycles. The predicted molar refractivity (Wildman–Crippen MR) is 55.0 cm³/mol. The zero-order chi connectivity index (χ0) is 9.84. The van der Waals surface area contributed by atoms with Crippen molar-refractivity contribution in [3.8, 4) is 0 Å². The maximum Gasteiger partial charge on any atom is 0.236 e. The molecule has 0 fully saturated rings.